The normalized spacial score (nSPS) is 11.0. The Balaban J connectivity index is 1.81. The van der Waals surface area contributed by atoms with E-state index in [9.17, 15) is 4.79 Å². The molecule has 1 amide bonds. The first-order valence-electron chi connectivity index (χ1n) is 6.99. The van der Waals surface area contributed by atoms with Gasteiger partial charge in [0.05, 0.1) is 0 Å². The van der Waals surface area contributed by atoms with Crippen molar-refractivity contribution in [2.45, 2.75) is 9.92 Å². The third kappa shape index (κ3) is 3.97. The molecule has 2 aromatic carbocycles. The number of hydrogen-bond donors (Lipinski definition) is 2. The Morgan fingerprint density at radius 2 is 1.91 bits per heavy atom. The topological polar surface area (TPSA) is 62.2 Å². The highest BCUT2D eigenvalue weighted by atomic mass is 32.2. The van der Waals surface area contributed by atoms with Crippen LogP contribution in [0.2, 0.25) is 0 Å². The molecule has 3 rings (SSSR count). The molecule has 0 aliphatic carbocycles. The second kappa shape index (κ2) is 7.09. The van der Waals surface area contributed by atoms with Gasteiger partial charge >= 0.3 is 0 Å². The highest BCUT2D eigenvalue weighted by Gasteiger charge is 2.02. The molecule has 0 radical (unpaired) electrons. The molecule has 0 spiro atoms. The number of aromatic nitrogens is 1. The summed E-state index contributed by atoms with van der Waals surface area (Å²) in [5, 5.41) is 11.7. The second-order valence-electron chi connectivity index (χ2n) is 4.85. The number of fused-ring (bicyclic) bond motifs is 1. The minimum Gasteiger partial charge on any atom is -0.288 e. The predicted octanol–water partition coefficient (Wildman–Crippen LogP) is 3.90. The molecule has 1 heterocycles. The van der Waals surface area contributed by atoms with E-state index >= 15 is 0 Å². The third-order valence-corrected chi connectivity index (χ3v) is 4.15. The van der Waals surface area contributed by atoms with Crippen LogP contribution in [0.5, 0.6) is 0 Å². The number of carbonyl (C=O) groups is 1. The molecule has 4 nitrogen and oxygen atoms in total. The van der Waals surface area contributed by atoms with Crippen molar-refractivity contribution in [3.63, 3.8) is 0 Å². The second-order valence-corrected chi connectivity index (χ2v) is 5.95. The molecule has 0 bridgehead atoms. The molecule has 114 valence electrons. The molecule has 0 aliphatic heterocycles. The van der Waals surface area contributed by atoms with Crippen LogP contribution < -0.4 is 5.48 Å². The van der Waals surface area contributed by atoms with Crippen LogP contribution in [-0.4, -0.2) is 16.1 Å². The fourth-order valence-corrected chi connectivity index (χ4v) is 3.01. The van der Waals surface area contributed by atoms with Gasteiger partial charge in [-0.15, -0.1) is 0 Å². The number of amides is 1. The van der Waals surface area contributed by atoms with Gasteiger partial charge in [0, 0.05) is 22.6 Å². The van der Waals surface area contributed by atoms with Crippen LogP contribution in [0.4, 0.5) is 0 Å². The summed E-state index contributed by atoms with van der Waals surface area (Å²) >= 11 is 1.56. The van der Waals surface area contributed by atoms with E-state index in [0.29, 0.717) is 0 Å². The van der Waals surface area contributed by atoms with Gasteiger partial charge in [-0.25, -0.2) is 10.5 Å². The van der Waals surface area contributed by atoms with Crippen molar-refractivity contribution in [3.05, 3.63) is 72.4 Å². The van der Waals surface area contributed by atoms with Crippen LogP contribution in [0.25, 0.3) is 16.8 Å². The number of pyridine rings is 1. The lowest BCUT2D eigenvalue weighted by Gasteiger charge is -2.04. The van der Waals surface area contributed by atoms with Gasteiger partial charge in [0.25, 0.3) is 5.91 Å². The number of hydroxylamine groups is 1. The van der Waals surface area contributed by atoms with Crippen LogP contribution >= 0.6 is 11.8 Å². The van der Waals surface area contributed by atoms with E-state index in [1.165, 1.54) is 6.08 Å². The van der Waals surface area contributed by atoms with E-state index in [0.717, 1.165) is 26.3 Å². The molecule has 2 N–H and O–H groups in total. The van der Waals surface area contributed by atoms with Crippen molar-refractivity contribution in [1.29, 1.82) is 0 Å². The van der Waals surface area contributed by atoms with Crippen LogP contribution in [0, 0.1) is 0 Å². The summed E-state index contributed by atoms with van der Waals surface area (Å²) in [4.78, 5) is 16.5. The van der Waals surface area contributed by atoms with E-state index in [4.69, 9.17) is 5.21 Å². The Hall–Kier alpha value is -2.63. The number of benzene rings is 2. The van der Waals surface area contributed by atoms with E-state index in [1.54, 1.807) is 23.3 Å². The zero-order chi connectivity index (χ0) is 16.1. The molecule has 1 aromatic heterocycles. The maximum atomic E-state index is 11.0. The van der Waals surface area contributed by atoms with Crippen molar-refractivity contribution in [1.82, 2.24) is 10.5 Å². The summed E-state index contributed by atoms with van der Waals surface area (Å²) < 4.78 is 0. The van der Waals surface area contributed by atoms with E-state index < -0.39 is 5.91 Å². The summed E-state index contributed by atoms with van der Waals surface area (Å²) in [6.45, 7) is 0. The lowest BCUT2D eigenvalue weighted by atomic mass is 10.2. The maximum Gasteiger partial charge on any atom is 0.267 e. The van der Waals surface area contributed by atoms with E-state index in [2.05, 4.69) is 17.1 Å². The van der Waals surface area contributed by atoms with Gasteiger partial charge in [-0.2, -0.15) is 0 Å². The molecule has 23 heavy (non-hydrogen) atoms. The van der Waals surface area contributed by atoms with Crippen molar-refractivity contribution in [2.75, 3.05) is 0 Å². The summed E-state index contributed by atoms with van der Waals surface area (Å²) in [5.74, 6) is -0.556. The molecule has 0 aliphatic rings. The molecule has 0 unspecified atom stereocenters. The molecule has 3 aromatic rings. The van der Waals surface area contributed by atoms with Gasteiger partial charge in [0.2, 0.25) is 0 Å². The minimum atomic E-state index is -0.556. The van der Waals surface area contributed by atoms with E-state index in [1.807, 2.05) is 48.7 Å². The fourth-order valence-electron chi connectivity index (χ4n) is 2.13. The number of nitrogens with one attached hydrogen (secondary N) is 1. The lowest BCUT2D eigenvalue weighted by Crippen LogP contribution is -2.14. The first-order chi connectivity index (χ1) is 11.2. The minimum absolute atomic E-state index is 0.556. The van der Waals surface area contributed by atoms with Crippen molar-refractivity contribution >= 4 is 34.5 Å². The van der Waals surface area contributed by atoms with Gasteiger partial charge in [-0.3, -0.25) is 10.0 Å². The SMILES string of the molecule is O=C(/C=C/c1cccc(Sc2cc3ccccc3cn2)c1)NO. The number of nitrogens with zero attached hydrogens (tertiary/aromatic N) is 1. The molecular formula is C18H14N2O2S. The van der Waals surface area contributed by atoms with Gasteiger partial charge < -0.3 is 0 Å². The average molecular weight is 322 g/mol. The summed E-state index contributed by atoms with van der Waals surface area (Å²) in [6.07, 6.45) is 4.79. The largest absolute Gasteiger partial charge is 0.288 e. The number of rotatable bonds is 4. The quantitative estimate of drug-likeness (QED) is 0.434. The molecule has 0 saturated carbocycles. The number of carbonyl (C=O) groups excluding carboxylic acids is 1. The zero-order valence-electron chi connectivity index (χ0n) is 12.1. The molecule has 0 fully saturated rings. The molecular weight excluding hydrogens is 308 g/mol. The predicted molar refractivity (Wildman–Crippen MR) is 91.3 cm³/mol. The Kier molecular flexibility index (Phi) is 4.71. The standard InChI is InChI=1S/C18H14N2O2S/c21-17(20-22)9-8-13-4-3-7-16(10-13)23-18-11-14-5-1-2-6-15(14)12-19-18/h1-12,22H,(H,20,21)/b9-8+. The highest BCUT2D eigenvalue weighted by Crippen LogP contribution is 2.28. The first kappa shape index (κ1) is 15.3. The highest BCUT2D eigenvalue weighted by molar-refractivity contribution is 7.99. The van der Waals surface area contributed by atoms with E-state index in [-0.39, 0.29) is 0 Å². The third-order valence-electron chi connectivity index (χ3n) is 3.22. The number of hydrogen-bond acceptors (Lipinski definition) is 4. The lowest BCUT2D eigenvalue weighted by molar-refractivity contribution is -0.124. The summed E-state index contributed by atoms with van der Waals surface area (Å²) in [5.41, 5.74) is 2.44. The van der Waals surface area contributed by atoms with Crippen LogP contribution in [0.1, 0.15) is 5.56 Å². The Bertz CT molecular complexity index is 878. The monoisotopic (exact) mass is 322 g/mol. The zero-order valence-corrected chi connectivity index (χ0v) is 13.0. The first-order valence-corrected chi connectivity index (χ1v) is 7.81. The molecule has 0 saturated heterocycles. The fraction of sp³-hybridized carbons (Fsp3) is 0. The van der Waals surface area contributed by atoms with Gasteiger partial charge in [0.15, 0.2) is 0 Å². The van der Waals surface area contributed by atoms with Crippen molar-refractivity contribution in [2.24, 2.45) is 0 Å². The summed E-state index contributed by atoms with van der Waals surface area (Å²) in [7, 11) is 0. The van der Waals surface area contributed by atoms with Gasteiger partial charge in [0.1, 0.15) is 5.03 Å². The van der Waals surface area contributed by atoms with Crippen molar-refractivity contribution in [3.8, 4) is 0 Å². The average Bonchev–Trinajstić information content (AvgIpc) is 2.60. The molecule has 5 heteroatoms. The smallest absolute Gasteiger partial charge is 0.267 e. The van der Waals surface area contributed by atoms with Crippen LogP contribution in [-0.2, 0) is 4.79 Å². The molecule has 0 atom stereocenters. The Morgan fingerprint density at radius 1 is 1.09 bits per heavy atom. The van der Waals surface area contributed by atoms with Crippen LogP contribution in [0.3, 0.4) is 0 Å². The summed E-state index contributed by atoms with van der Waals surface area (Å²) in [6, 6.07) is 17.9. The van der Waals surface area contributed by atoms with Gasteiger partial charge in [-0.1, -0.05) is 48.2 Å². The Morgan fingerprint density at radius 3 is 2.74 bits per heavy atom. The maximum absolute atomic E-state index is 11.0. The van der Waals surface area contributed by atoms with Crippen molar-refractivity contribution < 1.29 is 10.0 Å². The Labute approximate surface area is 137 Å². The van der Waals surface area contributed by atoms with Crippen LogP contribution in [0.15, 0.2) is 76.8 Å². The van der Waals surface area contributed by atoms with Gasteiger partial charge in [-0.05, 0) is 35.2 Å².